The first-order chi connectivity index (χ1) is 21.1. The largest absolute Gasteiger partial charge is 0.456 e. The van der Waals surface area contributed by atoms with Crippen LogP contribution in [0, 0.1) is 23.7 Å². The fourth-order valence-corrected chi connectivity index (χ4v) is 9.78. The lowest BCUT2D eigenvalue weighted by Crippen LogP contribution is -2.48. The molecule has 4 saturated carbocycles. The van der Waals surface area contributed by atoms with Crippen molar-refractivity contribution in [3.05, 3.63) is 90.0 Å². The first-order valence-corrected chi connectivity index (χ1v) is 16.5. The van der Waals surface area contributed by atoms with Crippen LogP contribution in [0.3, 0.4) is 0 Å². The van der Waals surface area contributed by atoms with Gasteiger partial charge in [-0.1, -0.05) is 60.1 Å². The number of furan rings is 1. The van der Waals surface area contributed by atoms with Crippen molar-refractivity contribution in [1.29, 1.82) is 0 Å². The molecule has 5 aliphatic carbocycles. The molecule has 10 rings (SSSR count). The highest BCUT2D eigenvalue weighted by Crippen LogP contribution is 2.73. The van der Waals surface area contributed by atoms with Gasteiger partial charge in [-0.05, 0) is 135 Å². The summed E-state index contributed by atoms with van der Waals surface area (Å²) in [6.07, 6.45) is 5.68. The maximum atomic E-state index is 10.4. The maximum Gasteiger partial charge on any atom is 0.185 e. The third kappa shape index (κ3) is 3.65. The highest BCUT2D eigenvalue weighted by molar-refractivity contribution is 6.53. The van der Waals surface area contributed by atoms with Gasteiger partial charge in [0.05, 0.1) is 11.2 Å². The Morgan fingerprint density at radius 1 is 0.795 bits per heavy atom. The Morgan fingerprint density at radius 2 is 1.59 bits per heavy atom. The molecular weight excluding hydrogens is 539 g/mol. The molecule has 5 aliphatic rings. The van der Waals surface area contributed by atoms with E-state index in [1.54, 1.807) is 25.0 Å². The van der Waals surface area contributed by atoms with Crippen LogP contribution in [0.4, 0.5) is 0 Å². The van der Waals surface area contributed by atoms with Crippen molar-refractivity contribution in [3.63, 3.8) is 0 Å². The lowest BCUT2D eigenvalue weighted by Gasteiger charge is -2.44. The van der Waals surface area contributed by atoms with Crippen LogP contribution >= 0.6 is 0 Å². The number of hydrogen-bond donors (Lipinski definition) is 1. The molecule has 3 nitrogen and oxygen atoms in total. The van der Waals surface area contributed by atoms with Crippen LogP contribution in [0.25, 0.3) is 44.2 Å². The molecular formula is C40H40BO3. The summed E-state index contributed by atoms with van der Waals surface area (Å²) in [5, 5.41) is 12.7. The summed E-state index contributed by atoms with van der Waals surface area (Å²) in [7, 11) is 2.05. The van der Waals surface area contributed by atoms with E-state index in [1.807, 2.05) is 21.1 Å². The van der Waals surface area contributed by atoms with Gasteiger partial charge in [0.15, 0.2) is 7.28 Å². The maximum absolute atomic E-state index is 10.4. The van der Waals surface area contributed by atoms with Gasteiger partial charge in [0.25, 0.3) is 0 Å². The van der Waals surface area contributed by atoms with E-state index in [-0.39, 0.29) is 5.41 Å². The Hall–Kier alpha value is -3.34. The average molecular weight is 580 g/mol. The SMILES string of the molecule is CC(C)(O)C(C)(C)OC[B]c1ccc2c(c1)oc1ccc(-c3ccc4c(c3)C3(c5ccccc5-4)C4CC5CC(C4)C3C5)cc12. The smallest absolute Gasteiger partial charge is 0.185 e. The summed E-state index contributed by atoms with van der Waals surface area (Å²) < 4.78 is 12.4. The molecule has 0 amide bonds. The molecule has 0 saturated heterocycles. The van der Waals surface area contributed by atoms with Crippen LogP contribution in [0.5, 0.6) is 0 Å². The van der Waals surface area contributed by atoms with Crippen molar-refractivity contribution in [3.8, 4) is 22.3 Å². The van der Waals surface area contributed by atoms with Crippen molar-refractivity contribution in [2.45, 2.75) is 70.0 Å². The van der Waals surface area contributed by atoms with Gasteiger partial charge in [-0.25, -0.2) is 0 Å². The fourth-order valence-electron chi connectivity index (χ4n) is 9.78. The van der Waals surface area contributed by atoms with E-state index in [9.17, 15) is 5.11 Å². The molecule has 4 heteroatoms. The van der Waals surface area contributed by atoms with E-state index in [4.69, 9.17) is 9.15 Å². The highest BCUT2D eigenvalue weighted by atomic mass is 16.5. The minimum atomic E-state index is -0.930. The number of rotatable bonds is 6. The fraction of sp³-hybridized carbons (Fsp3) is 0.400. The summed E-state index contributed by atoms with van der Waals surface area (Å²) >= 11 is 0. The van der Waals surface area contributed by atoms with Crippen LogP contribution < -0.4 is 5.46 Å². The van der Waals surface area contributed by atoms with Gasteiger partial charge in [0.2, 0.25) is 0 Å². The van der Waals surface area contributed by atoms with Gasteiger partial charge in [0.1, 0.15) is 11.2 Å². The van der Waals surface area contributed by atoms with Crippen LogP contribution in [-0.2, 0) is 10.2 Å². The summed E-state index contributed by atoms with van der Waals surface area (Å²) in [6, 6.07) is 29.7. The summed E-state index contributed by atoms with van der Waals surface area (Å²) in [6.45, 7) is 7.82. The van der Waals surface area contributed by atoms with Gasteiger partial charge in [-0.15, -0.1) is 0 Å². The predicted octanol–water partition coefficient (Wildman–Crippen LogP) is 8.44. The summed E-state index contributed by atoms with van der Waals surface area (Å²) in [5.41, 5.74) is 10.2. The lowest BCUT2D eigenvalue weighted by atomic mass is 9.59. The van der Waals surface area contributed by atoms with Gasteiger partial charge in [0, 0.05) is 22.7 Å². The Morgan fingerprint density at radius 3 is 2.43 bits per heavy atom. The molecule has 5 unspecified atom stereocenters. The van der Waals surface area contributed by atoms with Crippen LogP contribution in [0.1, 0.15) is 64.5 Å². The third-order valence-corrected chi connectivity index (χ3v) is 12.4. The number of benzene rings is 4. The zero-order valence-electron chi connectivity index (χ0n) is 26.2. The molecule has 1 radical (unpaired) electrons. The Balaban J connectivity index is 1.07. The molecule has 5 atom stereocenters. The molecule has 0 aliphatic heterocycles. The van der Waals surface area contributed by atoms with Crippen LogP contribution in [0.15, 0.2) is 83.3 Å². The number of hydrogen-bond acceptors (Lipinski definition) is 3. The van der Waals surface area contributed by atoms with E-state index in [2.05, 4.69) is 78.9 Å². The molecule has 221 valence electrons. The quantitative estimate of drug-likeness (QED) is 0.205. The minimum absolute atomic E-state index is 0.199. The van der Waals surface area contributed by atoms with Gasteiger partial charge in [-0.3, -0.25) is 0 Å². The second-order valence-electron chi connectivity index (χ2n) is 15.2. The molecule has 1 spiro atoms. The minimum Gasteiger partial charge on any atom is -0.456 e. The van der Waals surface area contributed by atoms with Gasteiger partial charge >= 0.3 is 0 Å². The number of ether oxygens (including phenoxy) is 1. The molecule has 4 fully saturated rings. The monoisotopic (exact) mass is 579 g/mol. The lowest BCUT2D eigenvalue weighted by molar-refractivity contribution is -0.135. The van der Waals surface area contributed by atoms with E-state index < -0.39 is 11.2 Å². The van der Waals surface area contributed by atoms with Gasteiger partial charge in [-0.2, -0.15) is 0 Å². The Labute approximate surface area is 260 Å². The third-order valence-electron chi connectivity index (χ3n) is 12.4. The second-order valence-corrected chi connectivity index (χ2v) is 15.2. The van der Waals surface area contributed by atoms with Crippen molar-refractivity contribution in [1.82, 2.24) is 0 Å². The topological polar surface area (TPSA) is 42.6 Å². The second kappa shape index (κ2) is 9.11. The molecule has 1 heterocycles. The Kier molecular flexibility index (Phi) is 5.60. The first-order valence-electron chi connectivity index (χ1n) is 16.5. The molecule has 4 bridgehead atoms. The van der Waals surface area contributed by atoms with E-state index in [0.717, 1.165) is 51.1 Å². The average Bonchev–Trinajstić information content (AvgIpc) is 3.67. The summed E-state index contributed by atoms with van der Waals surface area (Å²) in [4.78, 5) is 0. The van der Waals surface area contributed by atoms with E-state index >= 15 is 0 Å². The van der Waals surface area contributed by atoms with Gasteiger partial charge < -0.3 is 14.3 Å². The van der Waals surface area contributed by atoms with E-state index in [1.165, 1.54) is 47.9 Å². The van der Waals surface area contributed by atoms with Crippen molar-refractivity contribution in [2.24, 2.45) is 23.7 Å². The first kappa shape index (κ1) is 27.0. The molecule has 44 heavy (non-hydrogen) atoms. The van der Waals surface area contributed by atoms with Crippen molar-refractivity contribution < 1.29 is 14.3 Å². The molecule has 1 N–H and O–H groups in total. The highest BCUT2D eigenvalue weighted by Gasteiger charge is 2.65. The molecule has 5 aromatic rings. The normalized spacial score (nSPS) is 26.7. The summed E-state index contributed by atoms with van der Waals surface area (Å²) in [5.74, 6) is 3.43. The Bertz CT molecular complexity index is 1960. The van der Waals surface area contributed by atoms with Crippen LogP contribution in [-0.4, -0.2) is 30.1 Å². The van der Waals surface area contributed by atoms with E-state index in [0.29, 0.717) is 6.51 Å². The molecule has 4 aromatic carbocycles. The zero-order chi connectivity index (χ0) is 30.0. The number of fused-ring (bicyclic) bond motifs is 6. The van der Waals surface area contributed by atoms with Crippen molar-refractivity contribution >= 4 is 34.7 Å². The predicted molar refractivity (Wildman–Crippen MR) is 180 cm³/mol. The standard InChI is InChI=1S/C40H40BO3/c1-38(2,42)39(3,4)43-22-41-28-11-13-31-32-19-24(10-14-36(32)44-37(31)21-28)25-9-12-30-29-7-5-6-8-33(29)40(35(30)20-25)27-16-23-15-26(18-27)34(40)17-23/h5-14,19-21,23,26-27,34,42H,15-18,22H2,1-4H3. The zero-order valence-corrected chi connectivity index (χ0v) is 26.2. The van der Waals surface area contributed by atoms with Crippen LogP contribution in [0.2, 0.25) is 0 Å². The number of aliphatic hydroxyl groups is 1. The van der Waals surface area contributed by atoms with Crippen molar-refractivity contribution in [2.75, 3.05) is 6.51 Å². The molecule has 1 aromatic heterocycles.